The summed E-state index contributed by atoms with van der Waals surface area (Å²) in [5, 5.41) is 0. The van der Waals surface area contributed by atoms with Gasteiger partial charge in [-0.3, -0.25) is 9.69 Å². The van der Waals surface area contributed by atoms with Gasteiger partial charge in [0.1, 0.15) is 5.75 Å². The minimum Gasteiger partial charge on any atom is -0.494 e. The zero-order chi connectivity index (χ0) is 19.0. The van der Waals surface area contributed by atoms with E-state index in [1.165, 1.54) is 23.0 Å². The molecule has 0 aromatic heterocycles. The molecule has 150 valence electrons. The lowest BCUT2D eigenvalue weighted by atomic mass is 9.75. The number of hydrogen-bond donors (Lipinski definition) is 0. The molecule has 3 rings (SSSR count). The first kappa shape index (κ1) is 20.9. The van der Waals surface area contributed by atoms with E-state index in [1.807, 2.05) is 37.3 Å². The summed E-state index contributed by atoms with van der Waals surface area (Å²) in [7, 11) is 0. The predicted molar refractivity (Wildman–Crippen MR) is 115 cm³/mol. The highest BCUT2D eigenvalue weighted by Gasteiger charge is 2.43. The first-order valence-corrected chi connectivity index (χ1v) is 12.3. The number of benzene rings is 1. The summed E-state index contributed by atoms with van der Waals surface area (Å²) in [6, 6.07) is 10.5. The van der Waals surface area contributed by atoms with Crippen molar-refractivity contribution >= 4 is 29.5 Å². The molecule has 0 radical (unpaired) electrons. The molecule has 0 bridgehead atoms. The van der Waals surface area contributed by atoms with Gasteiger partial charge in [-0.2, -0.15) is 23.5 Å². The third-order valence-electron chi connectivity index (χ3n) is 5.57. The average molecular weight is 410 g/mol. The number of carbonyl (C=O) groups excluding carboxylic acids is 1. The van der Waals surface area contributed by atoms with Gasteiger partial charge in [-0.05, 0) is 51.4 Å². The van der Waals surface area contributed by atoms with Crippen LogP contribution in [0.2, 0.25) is 0 Å². The van der Waals surface area contributed by atoms with Crippen LogP contribution >= 0.6 is 23.5 Å². The summed E-state index contributed by atoms with van der Waals surface area (Å²) in [6.07, 6.45) is 2.47. The summed E-state index contributed by atoms with van der Waals surface area (Å²) >= 11 is 4.14. The van der Waals surface area contributed by atoms with E-state index in [1.54, 1.807) is 0 Å². The maximum absolute atomic E-state index is 12.8. The van der Waals surface area contributed by atoms with E-state index in [9.17, 15) is 4.79 Å². The fraction of sp³-hybridized carbons (Fsp3) is 0.667. The van der Waals surface area contributed by atoms with Crippen molar-refractivity contribution in [3.63, 3.8) is 0 Å². The first-order valence-electron chi connectivity index (χ1n) is 9.98. The smallest absolute Gasteiger partial charge is 0.312 e. The van der Waals surface area contributed by atoms with Crippen molar-refractivity contribution in [2.75, 3.05) is 49.3 Å². The molecule has 0 aliphatic carbocycles. The molecule has 0 unspecified atom stereocenters. The van der Waals surface area contributed by atoms with Gasteiger partial charge in [0, 0.05) is 29.1 Å². The number of ether oxygens (including phenoxy) is 2. The van der Waals surface area contributed by atoms with Crippen molar-refractivity contribution in [3.05, 3.63) is 30.3 Å². The average Bonchev–Trinajstić information content (AvgIpc) is 2.99. The van der Waals surface area contributed by atoms with E-state index < -0.39 is 5.41 Å². The van der Waals surface area contributed by atoms with Gasteiger partial charge in [-0.15, -0.1) is 0 Å². The van der Waals surface area contributed by atoms with Gasteiger partial charge in [0.2, 0.25) is 0 Å². The zero-order valence-electron chi connectivity index (χ0n) is 16.2. The molecule has 0 saturated carbocycles. The van der Waals surface area contributed by atoms with Gasteiger partial charge in [0.15, 0.2) is 0 Å². The van der Waals surface area contributed by atoms with Crippen LogP contribution in [0.5, 0.6) is 5.75 Å². The molecule has 0 spiro atoms. The van der Waals surface area contributed by atoms with Crippen LogP contribution in [-0.2, 0) is 9.53 Å². The maximum atomic E-state index is 12.8. The highest BCUT2D eigenvalue weighted by atomic mass is 32.2. The van der Waals surface area contributed by atoms with E-state index in [4.69, 9.17) is 9.47 Å². The molecule has 2 heterocycles. The third-order valence-corrected chi connectivity index (χ3v) is 8.05. The van der Waals surface area contributed by atoms with E-state index in [-0.39, 0.29) is 5.97 Å². The van der Waals surface area contributed by atoms with Crippen LogP contribution in [0.3, 0.4) is 0 Å². The second-order valence-electron chi connectivity index (χ2n) is 7.25. The van der Waals surface area contributed by atoms with E-state index in [0.29, 0.717) is 19.3 Å². The third kappa shape index (κ3) is 5.81. The number of rotatable bonds is 7. The second kappa shape index (κ2) is 10.6. The molecule has 27 heavy (non-hydrogen) atoms. The quantitative estimate of drug-likeness (QED) is 0.635. The Kier molecular flexibility index (Phi) is 8.22. The Bertz CT molecular complexity index is 568. The van der Waals surface area contributed by atoms with E-state index >= 15 is 0 Å². The number of nitrogens with zero attached hydrogens (tertiary/aromatic N) is 1. The molecule has 0 atom stereocenters. The summed E-state index contributed by atoms with van der Waals surface area (Å²) in [6.45, 7) is 4.85. The summed E-state index contributed by atoms with van der Waals surface area (Å²) < 4.78 is 11.4. The Balaban J connectivity index is 1.57. The van der Waals surface area contributed by atoms with Crippen molar-refractivity contribution in [1.82, 2.24) is 4.90 Å². The fourth-order valence-electron chi connectivity index (χ4n) is 3.85. The highest BCUT2D eigenvalue weighted by molar-refractivity contribution is 8.03. The second-order valence-corrected chi connectivity index (χ2v) is 9.55. The molecule has 6 heteroatoms. The van der Waals surface area contributed by atoms with E-state index in [0.717, 1.165) is 38.1 Å². The molecule has 1 aromatic rings. The molecule has 0 N–H and O–H groups in total. The van der Waals surface area contributed by atoms with Gasteiger partial charge in [0.05, 0.1) is 18.6 Å². The number of piperidine rings is 1. The lowest BCUT2D eigenvalue weighted by molar-refractivity contribution is -0.160. The number of thioether (sulfide) groups is 2. The number of carbonyl (C=O) groups is 1. The van der Waals surface area contributed by atoms with Gasteiger partial charge in [-0.1, -0.05) is 18.2 Å². The Morgan fingerprint density at radius 3 is 2.44 bits per heavy atom. The number of para-hydroxylation sites is 1. The minimum absolute atomic E-state index is 0.0362. The normalized spacial score (nSPS) is 21.4. The largest absolute Gasteiger partial charge is 0.494 e. The molecule has 2 aliphatic heterocycles. The van der Waals surface area contributed by atoms with E-state index in [2.05, 4.69) is 28.4 Å². The number of esters is 1. The van der Waals surface area contributed by atoms with Crippen molar-refractivity contribution in [1.29, 1.82) is 0 Å². The van der Waals surface area contributed by atoms with Crippen LogP contribution in [0.25, 0.3) is 0 Å². The molecule has 4 nitrogen and oxygen atoms in total. The van der Waals surface area contributed by atoms with Crippen LogP contribution in [-0.4, -0.2) is 66.2 Å². The van der Waals surface area contributed by atoms with Crippen molar-refractivity contribution in [2.45, 2.75) is 32.2 Å². The molecular weight excluding hydrogens is 378 g/mol. The Morgan fingerprint density at radius 1 is 1.15 bits per heavy atom. The van der Waals surface area contributed by atoms with Gasteiger partial charge >= 0.3 is 5.97 Å². The Morgan fingerprint density at radius 2 is 1.81 bits per heavy atom. The zero-order valence-corrected chi connectivity index (χ0v) is 17.9. The standard InChI is InChI=1S/C21H31NO3S2/c1-2-24-20(23)21(10-13-25-19-6-4-3-5-7-19)8-11-22(12-9-21)18-16-26-14-15-27-17-18/h3-7,18H,2,8-17H2,1H3. The first-order chi connectivity index (χ1) is 13.2. The Hall–Kier alpha value is -0.850. The van der Waals surface area contributed by atoms with Crippen LogP contribution in [0.4, 0.5) is 0 Å². The molecule has 2 aliphatic rings. The molecule has 0 amide bonds. The highest BCUT2D eigenvalue weighted by Crippen LogP contribution is 2.38. The topological polar surface area (TPSA) is 38.8 Å². The lowest BCUT2D eigenvalue weighted by Gasteiger charge is -2.42. The molecule has 2 fully saturated rings. The van der Waals surface area contributed by atoms with Crippen LogP contribution < -0.4 is 4.74 Å². The lowest BCUT2D eigenvalue weighted by Crippen LogP contribution is -2.50. The molecule has 1 aromatic carbocycles. The summed E-state index contributed by atoms with van der Waals surface area (Å²) in [5.41, 5.74) is -0.397. The SMILES string of the molecule is CCOC(=O)C1(CCOc2ccccc2)CCN(C2CSCCSC2)CC1. The number of likely N-dealkylation sites (tertiary alicyclic amines) is 1. The van der Waals surface area contributed by atoms with Crippen molar-refractivity contribution in [3.8, 4) is 5.75 Å². The van der Waals surface area contributed by atoms with Gasteiger partial charge in [-0.25, -0.2) is 0 Å². The predicted octanol–water partition coefficient (Wildman–Crippen LogP) is 3.95. The Labute approximate surface area is 171 Å². The monoisotopic (exact) mass is 409 g/mol. The molecule has 2 saturated heterocycles. The van der Waals surface area contributed by atoms with Crippen LogP contribution in [0, 0.1) is 5.41 Å². The van der Waals surface area contributed by atoms with Crippen LogP contribution in [0.1, 0.15) is 26.2 Å². The summed E-state index contributed by atoms with van der Waals surface area (Å²) in [5.74, 6) is 5.79. The fourth-order valence-corrected chi connectivity index (χ4v) is 6.48. The van der Waals surface area contributed by atoms with Gasteiger partial charge < -0.3 is 9.47 Å². The number of hydrogen-bond acceptors (Lipinski definition) is 6. The minimum atomic E-state index is -0.397. The molecular formula is C21H31NO3S2. The van der Waals surface area contributed by atoms with Crippen molar-refractivity contribution < 1.29 is 14.3 Å². The van der Waals surface area contributed by atoms with Crippen LogP contribution in [0.15, 0.2) is 30.3 Å². The maximum Gasteiger partial charge on any atom is 0.312 e. The summed E-state index contributed by atoms with van der Waals surface area (Å²) in [4.78, 5) is 15.4. The van der Waals surface area contributed by atoms with Gasteiger partial charge in [0.25, 0.3) is 0 Å². The van der Waals surface area contributed by atoms with Crippen molar-refractivity contribution in [2.24, 2.45) is 5.41 Å².